The second-order valence-electron chi connectivity index (χ2n) is 3.01. The van der Waals surface area contributed by atoms with E-state index in [2.05, 4.69) is 32.0 Å². The summed E-state index contributed by atoms with van der Waals surface area (Å²) in [4.78, 5) is 0. The second-order valence-corrected chi connectivity index (χ2v) is 3.01. The molecule has 1 heteroatoms. The fourth-order valence-electron chi connectivity index (χ4n) is 1.43. The Labute approximate surface area is 74.6 Å². The van der Waals surface area contributed by atoms with Crippen LogP contribution in [0.5, 0.6) is 0 Å². The molecule has 1 aromatic carbocycles. The summed E-state index contributed by atoms with van der Waals surface area (Å²) in [5, 5.41) is 0. The van der Waals surface area contributed by atoms with Crippen LogP contribution < -0.4 is 5.73 Å². The molecule has 0 saturated carbocycles. The van der Waals surface area contributed by atoms with E-state index >= 15 is 0 Å². The van der Waals surface area contributed by atoms with Gasteiger partial charge in [-0.1, -0.05) is 32.0 Å². The summed E-state index contributed by atoms with van der Waals surface area (Å²) >= 11 is 0. The topological polar surface area (TPSA) is 26.0 Å². The molecule has 0 atom stereocenters. The van der Waals surface area contributed by atoms with Gasteiger partial charge in [-0.2, -0.15) is 0 Å². The summed E-state index contributed by atoms with van der Waals surface area (Å²) in [6.07, 6.45) is 2.19. The van der Waals surface area contributed by atoms with Crippen molar-refractivity contribution in [2.75, 3.05) is 0 Å². The third kappa shape index (κ3) is 1.86. The molecule has 0 spiro atoms. The smallest absolute Gasteiger partial charge is 0.0180 e. The van der Waals surface area contributed by atoms with Gasteiger partial charge in [0.2, 0.25) is 0 Å². The molecule has 1 nitrogen and oxygen atoms in total. The van der Waals surface area contributed by atoms with Crippen molar-refractivity contribution in [2.24, 2.45) is 5.73 Å². The molecule has 0 heterocycles. The van der Waals surface area contributed by atoms with E-state index in [1.165, 1.54) is 16.7 Å². The molecule has 2 N–H and O–H groups in total. The lowest BCUT2D eigenvalue weighted by molar-refractivity contribution is 0.989. The van der Waals surface area contributed by atoms with Gasteiger partial charge in [-0.25, -0.2) is 0 Å². The van der Waals surface area contributed by atoms with Gasteiger partial charge in [0, 0.05) is 6.54 Å². The van der Waals surface area contributed by atoms with Crippen molar-refractivity contribution in [3.05, 3.63) is 34.9 Å². The van der Waals surface area contributed by atoms with Crippen molar-refractivity contribution in [3.8, 4) is 0 Å². The SMILES string of the molecule is CCc1ccc(CN)c(CC)c1. The van der Waals surface area contributed by atoms with Crippen molar-refractivity contribution in [2.45, 2.75) is 33.2 Å². The molecule has 12 heavy (non-hydrogen) atoms. The van der Waals surface area contributed by atoms with Crippen molar-refractivity contribution in [1.82, 2.24) is 0 Å². The highest BCUT2D eigenvalue weighted by molar-refractivity contribution is 5.32. The number of benzene rings is 1. The average Bonchev–Trinajstić information content (AvgIpc) is 2.16. The van der Waals surface area contributed by atoms with Gasteiger partial charge in [0.1, 0.15) is 0 Å². The molecule has 1 aromatic rings. The highest BCUT2D eigenvalue weighted by atomic mass is 14.5. The first-order valence-corrected chi connectivity index (χ1v) is 4.62. The van der Waals surface area contributed by atoms with E-state index in [0.717, 1.165) is 12.8 Å². The van der Waals surface area contributed by atoms with E-state index in [-0.39, 0.29) is 0 Å². The van der Waals surface area contributed by atoms with Gasteiger partial charge in [-0.15, -0.1) is 0 Å². The van der Waals surface area contributed by atoms with E-state index in [1.807, 2.05) is 0 Å². The van der Waals surface area contributed by atoms with Crippen LogP contribution in [0, 0.1) is 0 Å². The Hall–Kier alpha value is -0.820. The molecule has 66 valence electrons. The molecule has 0 amide bonds. The fourth-order valence-corrected chi connectivity index (χ4v) is 1.43. The van der Waals surface area contributed by atoms with Crippen LogP contribution in [0.15, 0.2) is 18.2 Å². The van der Waals surface area contributed by atoms with Crippen LogP contribution in [0.2, 0.25) is 0 Å². The quantitative estimate of drug-likeness (QED) is 0.726. The van der Waals surface area contributed by atoms with Crippen LogP contribution in [-0.4, -0.2) is 0 Å². The minimum atomic E-state index is 0.660. The molecule has 0 fully saturated rings. The van der Waals surface area contributed by atoms with Crippen LogP contribution in [0.4, 0.5) is 0 Å². The van der Waals surface area contributed by atoms with Crippen molar-refractivity contribution in [1.29, 1.82) is 0 Å². The molecular weight excluding hydrogens is 146 g/mol. The Kier molecular flexibility index (Phi) is 3.30. The highest BCUT2D eigenvalue weighted by Gasteiger charge is 1.98. The molecule has 0 aliphatic carbocycles. The number of nitrogens with two attached hydrogens (primary N) is 1. The maximum Gasteiger partial charge on any atom is 0.0180 e. The summed E-state index contributed by atoms with van der Waals surface area (Å²) in [5.41, 5.74) is 9.71. The van der Waals surface area contributed by atoms with Gasteiger partial charge in [-0.05, 0) is 29.5 Å². The van der Waals surface area contributed by atoms with Gasteiger partial charge in [0.25, 0.3) is 0 Å². The van der Waals surface area contributed by atoms with E-state index < -0.39 is 0 Å². The Morgan fingerprint density at radius 1 is 1.08 bits per heavy atom. The Morgan fingerprint density at radius 3 is 2.33 bits per heavy atom. The number of aryl methyl sites for hydroxylation is 2. The third-order valence-electron chi connectivity index (χ3n) is 2.28. The summed E-state index contributed by atoms with van der Waals surface area (Å²) in [7, 11) is 0. The average molecular weight is 163 g/mol. The van der Waals surface area contributed by atoms with Crippen LogP contribution in [0.1, 0.15) is 30.5 Å². The zero-order valence-electron chi connectivity index (χ0n) is 7.93. The molecule has 0 aliphatic heterocycles. The lowest BCUT2D eigenvalue weighted by atomic mass is 10.0. The van der Waals surface area contributed by atoms with E-state index in [0.29, 0.717) is 6.54 Å². The van der Waals surface area contributed by atoms with Crippen LogP contribution in [-0.2, 0) is 19.4 Å². The normalized spacial score (nSPS) is 10.2. The van der Waals surface area contributed by atoms with Gasteiger partial charge >= 0.3 is 0 Å². The first-order valence-electron chi connectivity index (χ1n) is 4.62. The Morgan fingerprint density at radius 2 is 1.83 bits per heavy atom. The number of hydrogen-bond acceptors (Lipinski definition) is 1. The molecule has 0 saturated heterocycles. The van der Waals surface area contributed by atoms with E-state index in [1.54, 1.807) is 0 Å². The summed E-state index contributed by atoms with van der Waals surface area (Å²) < 4.78 is 0. The molecule has 0 bridgehead atoms. The minimum Gasteiger partial charge on any atom is -0.326 e. The Bertz CT molecular complexity index is 253. The monoisotopic (exact) mass is 163 g/mol. The predicted molar refractivity (Wildman–Crippen MR) is 53.1 cm³/mol. The van der Waals surface area contributed by atoms with Crippen LogP contribution in [0.25, 0.3) is 0 Å². The fraction of sp³-hybridized carbons (Fsp3) is 0.455. The molecular formula is C11H17N. The molecule has 0 aromatic heterocycles. The van der Waals surface area contributed by atoms with Crippen LogP contribution in [0.3, 0.4) is 0 Å². The van der Waals surface area contributed by atoms with E-state index in [4.69, 9.17) is 5.73 Å². The Balaban J connectivity index is 3.02. The highest BCUT2D eigenvalue weighted by Crippen LogP contribution is 2.12. The van der Waals surface area contributed by atoms with Crippen molar-refractivity contribution < 1.29 is 0 Å². The third-order valence-corrected chi connectivity index (χ3v) is 2.28. The van der Waals surface area contributed by atoms with Gasteiger partial charge in [0.15, 0.2) is 0 Å². The molecule has 0 unspecified atom stereocenters. The van der Waals surface area contributed by atoms with Gasteiger partial charge < -0.3 is 5.73 Å². The maximum atomic E-state index is 5.62. The number of hydrogen-bond donors (Lipinski definition) is 1. The molecule has 0 radical (unpaired) electrons. The summed E-state index contributed by atoms with van der Waals surface area (Å²) in [6.45, 7) is 5.01. The molecule has 1 rings (SSSR count). The second kappa shape index (κ2) is 4.27. The first kappa shape index (κ1) is 9.27. The lowest BCUT2D eigenvalue weighted by Gasteiger charge is -2.06. The van der Waals surface area contributed by atoms with Gasteiger partial charge in [0.05, 0.1) is 0 Å². The standard InChI is InChI=1S/C11H17N/c1-3-9-5-6-11(8-12)10(4-2)7-9/h5-7H,3-4,8,12H2,1-2H3. The van der Waals surface area contributed by atoms with Crippen molar-refractivity contribution in [3.63, 3.8) is 0 Å². The lowest BCUT2D eigenvalue weighted by Crippen LogP contribution is -2.01. The van der Waals surface area contributed by atoms with Crippen molar-refractivity contribution >= 4 is 0 Å². The zero-order chi connectivity index (χ0) is 8.97. The first-order chi connectivity index (χ1) is 5.81. The largest absolute Gasteiger partial charge is 0.326 e. The minimum absolute atomic E-state index is 0.660. The zero-order valence-corrected chi connectivity index (χ0v) is 7.93. The summed E-state index contributed by atoms with van der Waals surface area (Å²) in [6, 6.07) is 6.58. The van der Waals surface area contributed by atoms with Crippen LogP contribution >= 0.6 is 0 Å². The predicted octanol–water partition coefficient (Wildman–Crippen LogP) is 2.27. The molecule has 0 aliphatic rings. The summed E-state index contributed by atoms with van der Waals surface area (Å²) in [5.74, 6) is 0. The maximum absolute atomic E-state index is 5.62. The van der Waals surface area contributed by atoms with Gasteiger partial charge in [-0.3, -0.25) is 0 Å². The number of rotatable bonds is 3. The van der Waals surface area contributed by atoms with E-state index in [9.17, 15) is 0 Å².